The van der Waals surface area contributed by atoms with Crippen LogP contribution in [-0.2, 0) is 4.74 Å². The van der Waals surface area contributed by atoms with E-state index in [1.807, 2.05) is 12.1 Å². The molecule has 1 N–H and O–H groups in total. The molecule has 1 fully saturated rings. The summed E-state index contributed by atoms with van der Waals surface area (Å²) in [5.41, 5.74) is 2.51. The van der Waals surface area contributed by atoms with Crippen molar-refractivity contribution in [2.24, 2.45) is 0 Å². The van der Waals surface area contributed by atoms with Crippen molar-refractivity contribution >= 4 is 24.0 Å². The van der Waals surface area contributed by atoms with Crippen molar-refractivity contribution in [3.8, 4) is 0 Å². The van der Waals surface area contributed by atoms with E-state index in [1.165, 1.54) is 11.1 Å². The Balaban J connectivity index is 0.00000112. The Kier molecular flexibility index (Phi) is 4.87. The van der Waals surface area contributed by atoms with Crippen LogP contribution in [-0.4, -0.2) is 19.8 Å². The molecule has 0 spiro atoms. The van der Waals surface area contributed by atoms with Gasteiger partial charge in [0.25, 0.3) is 0 Å². The van der Waals surface area contributed by atoms with Gasteiger partial charge in [-0.2, -0.15) is 0 Å². The van der Waals surface area contributed by atoms with Crippen LogP contribution in [0.25, 0.3) is 0 Å². The molecule has 15 heavy (non-hydrogen) atoms. The van der Waals surface area contributed by atoms with Crippen molar-refractivity contribution < 1.29 is 4.74 Å². The summed E-state index contributed by atoms with van der Waals surface area (Å²) in [6, 6.07) is 6.32. The first kappa shape index (κ1) is 12.8. The minimum Gasteiger partial charge on any atom is -0.378 e. The molecule has 1 aliphatic rings. The summed E-state index contributed by atoms with van der Waals surface area (Å²) >= 11 is 5.90. The lowest BCUT2D eigenvalue weighted by Gasteiger charge is -2.25. The molecule has 0 aromatic heterocycles. The van der Waals surface area contributed by atoms with Crippen molar-refractivity contribution in [1.82, 2.24) is 5.32 Å². The van der Waals surface area contributed by atoms with Gasteiger partial charge in [-0.1, -0.05) is 17.7 Å². The van der Waals surface area contributed by atoms with Crippen LogP contribution >= 0.6 is 24.0 Å². The lowest BCUT2D eigenvalue weighted by Crippen LogP contribution is -2.34. The number of nitrogens with one attached hydrogen (secondary N) is 1. The molecule has 0 bridgehead atoms. The van der Waals surface area contributed by atoms with Crippen molar-refractivity contribution in [3.63, 3.8) is 0 Å². The average molecular weight is 248 g/mol. The van der Waals surface area contributed by atoms with Gasteiger partial charge in [-0.25, -0.2) is 0 Å². The average Bonchev–Trinajstić information content (AvgIpc) is 2.19. The van der Waals surface area contributed by atoms with Crippen LogP contribution in [0.4, 0.5) is 0 Å². The van der Waals surface area contributed by atoms with E-state index >= 15 is 0 Å². The maximum absolute atomic E-state index is 5.90. The number of rotatable bonds is 1. The van der Waals surface area contributed by atoms with E-state index in [1.54, 1.807) is 0 Å². The van der Waals surface area contributed by atoms with E-state index in [0.29, 0.717) is 6.04 Å². The molecule has 0 saturated carbocycles. The van der Waals surface area contributed by atoms with Crippen molar-refractivity contribution in [1.29, 1.82) is 0 Å². The van der Waals surface area contributed by atoms with Gasteiger partial charge in [0.1, 0.15) is 0 Å². The molecule has 2 nitrogen and oxygen atoms in total. The third-order valence-electron chi connectivity index (χ3n) is 2.53. The first-order valence-corrected chi connectivity index (χ1v) is 5.22. The Morgan fingerprint density at radius 2 is 2.27 bits per heavy atom. The van der Waals surface area contributed by atoms with Crippen molar-refractivity contribution in [3.05, 3.63) is 34.3 Å². The standard InChI is InChI=1S/C11H14ClNO.ClH/c1-8-6-9(12)2-3-10(8)11-7-14-5-4-13-11;/h2-3,6,11,13H,4-5,7H2,1H3;1H/t11-;/m1./s1. The van der Waals surface area contributed by atoms with Crippen LogP contribution < -0.4 is 5.32 Å². The zero-order valence-corrected chi connectivity index (χ0v) is 10.2. The Hall–Kier alpha value is -0.280. The molecule has 0 amide bonds. The van der Waals surface area contributed by atoms with Gasteiger partial charge < -0.3 is 10.1 Å². The van der Waals surface area contributed by atoms with Crippen LogP contribution in [0.15, 0.2) is 18.2 Å². The smallest absolute Gasteiger partial charge is 0.0662 e. The summed E-state index contributed by atoms with van der Waals surface area (Å²) in [6.07, 6.45) is 0. The van der Waals surface area contributed by atoms with Crippen molar-refractivity contribution in [2.75, 3.05) is 19.8 Å². The molecule has 1 heterocycles. The Labute approximate surface area is 101 Å². The van der Waals surface area contributed by atoms with Gasteiger partial charge in [-0.05, 0) is 30.2 Å². The first-order chi connectivity index (χ1) is 6.77. The van der Waals surface area contributed by atoms with E-state index in [0.717, 1.165) is 24.8 Å². The highest BCUT2D eigenvalue weighted by atomic mass is 35.5. The molecular formula is C11H15Cl2NO. The number of benzene rings is 1. The fraction of sp³-hybridized carbons (Fsp3) is 0.455. The highest BCUT2D eigenvalue weighted by Crippen LogP contribution is 2.22. The van der Waals surface area contributed by atoms with E-state index in [-0.39, 0.29) is 12.4 Å². The van der Waals surface area contributed by atoms with Gasteiger partial charge >= 0.3 is 0 Å². The molecule has 1 aliphatic heterocycles. The van der Waals surface area contributed by atoms with Gasteiger partial charge in [-0.15, -0.1) is 12.4 Å². The summed E-state index contributed by atoms with van der Waals surface area (Å²) in [4.78, 5) is 0. The second kappa shape index (κ2) is 5.71. The predicted molar refractivity (Wildman–Crippen MR) is 65.0 cm³/mol. The fourth-order valence-electron chi connectivity index (χ4n) is 1.80. The lowest BCUT2D eigenvalue weighted by molar-refractivity contribution is 0.0767. The van der Waals surface area contributed by atoms with Crippen LogP contribution in [0.2, 0.25) is 5.02 Å². The van der Waals surface area contributed by atoms with Gasteiger partial charge in [-0.3, -0.25) is 0 Å². The molecule has 4 heteroatoms. The topological polar surface area (TPSA) is 21.3 Å². The lowest BCUT2D eigenvalue weighted by atomic mass is 10.0. The third kappa shape index (κ3) is 3.08. The predicted octanol–water partition coefficient (Wildman–Crippen LogP) is 2.73. The molecule has 0 unspecified atom stereocenters. The van der Waals surface area contributed by atoms with Crippen LogP contribution in [0, 0.1) is 6.92 Å². The maximum Gasteiger partial charge on any atom is 0.0662 e. The van der Waals surface area contributed by atoms with Crippen LogP contribution in [0.5, 0.6) is 0 Å². The quantitative estimate of drug-likeness (QED) is 0.825. The van der Waals surface area contributed by atoms with Crippen molar-refractivity contribution in [2.45, 2.75) is 13.0 Å². The molecule has 1 saturated heterocycles. The normalized spacial score (nSPS) is 20.8. The Morgan fingerprint density at radius 1 is 1.47 bits per heavy atom. The summed E-state index contributed by atoms with van der Waals surface area (Å²) < 4.78 is 5.43. The highest BCUT2D eigenvalue weighted by molar-refractivity contribution is 6.30. The van der Waals surface area contributed by atoms with Gasteiger partial charge in [0.15, 0.2) is 0 Å². The van der Waals surface area contributed by atoms with Gasteiger partial charge in [0.2, 0.25) is 0 Å². The molecule has 0 radical (unpaired) electrons. The number of hydrogen-bond donors (Lipinski definition) is 1. The SMILES string of the molecule is Cc1cc(Cl)ccc1[C@H]1COCCN1.Cl. The molecule has 1 atom stereocenters. The van der Waals surface area contributed by atoms with Gasteiger partial charge in [0, 0.05) is 11.6 Å². The van der Waals surface area contributed by atoms with E-state index in [2.05, 4.69) is 18.3 Å². The first-order valence-electron chi connectivity index (χ1n) is 4.84. The van der Waals surface area contributed by atoms with E-state index < -0.39 is 0 Å². The molecule has 0 aliphatic carbocycles. The number of hydrogen-bond acceptors (Lipinski definition) is 2. The molecule has 2 rings (SSSR count). The van der Waals surface area contributed by atoms with E-state index in [9.17, 15) is 0 Å². The Morgan fingerprint density at radius 3 is 2.87 bits per heavy atom. The zero-order valence-electron chi connectivity index (χ0n) is 8.63. The second-order valence-corrected chi connectivity index (χ2v) is 4.02. The summed E-state index contributed by atoms with van der Waals surface area (Å²) in [6.45, 7) is 4.57. The monoisotopic (exact) mass is 247 g/mol. The Bertz CT molecular complexity index is 324. The molecular weight excluding hydrogens is 233 g/mol. The van der Waals surface area contributed by atoms with E-state index in [4.69, 9.17) is 16.3 Å². The molecule has 1 aromatic rings. The summed E-state index contributed by atoms with van der Waals surface area (Å²) in [5.74, 6) is 0. The molecule has 1 aromatic carbocycles. The number of halogens is 2. The minimum atomic E-state index is 0. The summed E-state index contributed by atoms with van der Waals surface area (Å²) in [5, 5.41) is 4.22. The van der Waals surface area contributed by atoms with Crippen LogP contribution in [0.1, 0.15) is 17.2 Å². The highest BCUT2D eigenvalue weighted by Gasteiger charge is 2.16. The fourth-order valence-corrected chi connectivity index (χ4v) is 2.02. The third-order valence-corrected chi connectivity index (χ3v) is 2.76. The number of aryl methyl sites for hydroxylation is 1. The number of morpholine rings is 1. The van der Waals surface area contributed by atoms with Gasteiger partial charge in [0.05, 0.1) is 19.3 Å². The second-order valence-electron chi connectivity index (χ2n) is 3.58. The largest absolute Gasteiger partial charge is 0.378 e. The molecule has 84 valence electrons. The minimum absolute atomic E-state index is 0. The number of ether oxygens (including phenoxy) is 1. The summed E-state index contributed by atoms with van der Waals surface area (Å²) in [7, 11) is 0. The maximum atomic E-state index is 5.90. The van der Waals surface area contributed by atoms with Crippen LogP contribution in [0.3, 0.4) is 0 Å². The zero-order chi connectivity index (χ0) is 9.97.